The SMILES string of the molecule is O=C(c1cccc2c1OCCO2)N1CCC[C@@H](Oc2cccnn2)C1. The standard InChI is InChI=1S/C18H19N3O4/c22-18(14-5-1-6-15-17(14)24-11-10-23-15)21-9-3-4-13(12-21)25-16-7-2-8-19-20-16/h1-2,5-8,13H,3-4,9-12H2/t13-/m1/s1. The van der Waals surface area contributed by atoms with Gasteiger partial charge in [-0.05, 0) is 31.0 Å². The summed E-state index contributed by atoms with van der Waals surface area (Å²) in [4.78, 5) is 14.8. The summed E-state index contributed by atoms with van der Waals surface area (Å²) in [5, 5.41) is 7.76. The molecular weight excluding hydrogens is 322 g/mol. The van der Waals surface area contributed by atoms with Crippen LogP contribution in [0.4, 0.5) is 0 Å². The van der Waals surface area contributed by atoms with Crippen LogP contribution in [0.3, 0.4) is 0 Å². The van der Waals surface area contributed by atoms with E-state index in [2.05, 4.69) is 10.2 Å². The molecule has 1 aromatic carbocycles. The molecule has 1 aromatic heterocycles. The molecule has 1 atom stereocenters. The Morgan fingerprint density at radius 3 is 3.00 bits per heavy atom. The zero-order valence-corrected chi connectivity index (χ0v) is 13.8. The first kappa shape index (κ1) is 15.7. The van der Waals surface area contributed by atoms with Crippen molar-refractivity contribution in [3.63, 3.8) is 0 Å². The zero-order chi connectivity index (χ0) is 17.1. The summed E-state index contributed by atoms with van der Waals surface area (Å²) < 4.78 is 17.1. The molecule has 0 bridgehead atoms. The average Bonchev–Trinajstić information content (AvgIpc) is 2.68. The van der Waals surface area contributed by atoms with Gasteiger partial charge in [0.1, 0.15) is 19.3 Å². The normalized spacial score (nSPS) is 19.4. The van der Waals surface area contributed by atoms with Gasteiger partial charge in [-0.2, -0.15) is 5.10 Å². The van der Waals surface area contributed by atoms with E-state index in [4.69, 9.17) is 14.2 Å². The Labute approximate surface area is 145 Å². The van der Waals surface area contributed by atoms with E-state index in [1.807, 2.05) is 12.1 Å². The lowest BCUT2D eigenvalue weighted by Gasteiger charge is -2.33. The van der Waals surface area contributed by atoms with Gasteiger partial charge >= 0.3 is 0 Å². The molecule has 3 heterocycles. The van der Waals surface area contributed by atoms with E-state index >= 15 is 0 Å². The van der Waals surface area contributed by atoms with Crippen molar-refractivity contribution in [1.29, 1.82) is 0 Å². The van der Waals surface area contributed by atoms with Crippen molar-refractivity contribution < 1.29 is 19.0 Å². The van der Waals surface area contributed by atoms with Gasteiger partial charge in [-0.15, -0.1) is 5.10 Å². The summed E-state index contributed by atoms with van der Waals surface area (Å²) in [5.74, 6) is 1.59. The highest BCUT2D eigenvalue weighted by Gasteiger charge is 2.29. The number of rotatable bonds is 3. The third-order valence-corrected chi connectivity index (χ3v) is 4.30. The van der Waals surface area contributed by atoms with Gasteiger partial charge in [0, 0.05) is 18.8 Å². The summed E-state index contributed by atoms with van der Waals surface area (Å²) >= 11 is 0. The fourth-order valence-electron chi connectivity index (χ4n) is 3.15. The highest BCUT2D eigenvalue weighted by molar-refractivity contribution is 5.98. The average molecular weight is 341 g/mol. The molecule has 0 saturated carbocycles. The molecule has 4 rings (SSSR count). The van der Waals surface area contributed by atoms with Crippen molar-refractivity contribution in [3.8, 4) is 17.4 Å². The van der Waals surface area contributed by atoms with Crippen LogP contribution in [0, 0.1) is 0 Å². The molecule has 7 nitrogen and oxygen atoms in total. The van der Waals surface area contributed by atoms with E-state index in [9.17, 15) is 4.79 Å². The number of carbonyl (C=O) groups is 1. The van der Waals surface area contributed by atoms with E-state index in [-0.39, 0.29) is 12.0 Å². The number of carbonyl (C=O) groups excluding carboxylic acids is 1. The topological polar surface area (TPSA) is 73.8 Å². The second-order valence-electron chi connectivity index (χ2n) is 6.02. The molecule has 0 unspecified atom stereocenters. The summed E-state index contributed by atoms with van der Waals surface area (Å²) in [6.07, 6.45) is 3.27. The van der Waals surface area contributed by atoms with E-state index in [0.717, 1.165) is 12.8 Å². The van der Waals surface area contributed by atoms with Crippen LogP contribution in [0.15, 0.2) is 36.5 Å². The predicted molar refractivity (Wildman–Crippen MR) is 89.0 cm³/mol. The summed E-state index contributed by atoms with van der Waals surface area (Å²) in [5.41, 5.74) is 0.539. The zero-order valence-electron chi connectivity index (χ0n) is 13.8. The number of ether oxygens (including phenoxy) is 3. The third-order valence-electron chi connectivity index (χ3n) is 4.30. The smallest absolute Gasteiger partial charge is 0.257 e. The third kappa shape index (κ3) is 3.35. The number of para-hydroxylation sites is 1. The molecule has 7 heteroatoms. The van der Waals surface area contributed by atoms with Crippen LogP contribution in [-0.2, 0) is 0 Å². The lowest BCUT2D eigenvalue weighted by atomic mass is 10.1. The number of nitrogens with zero attached hydrogens (tertiary/aromatic N) is 3. The van der Waals surface area contributed by atoms with Crippen LogP contribution in [-0.4, -0.2) is 53.4 Å². The van der Waals surface area contributed by atoms with Gasteiger partial charge in [0.05, 0.1) is 12.1 Å². The van der Waals surface area contributed by atoms with Crippen molar-refractivity contribution in [3.05, 3.63) is 42.1 Å². The largest absolute Gasteiger partial charge is 0.486 e. The Morgan fingerprint density at radius 2 is 2.12 bits per heavy atom. The Balaban J connectivity index is 1.49. The minimum Gasteiger partial charge on any atom is -0.486 e. The Morgan fingerprint density at radius 1 is 1.20 bits per heavy atom. The van der Waals surface area contributed by atoms with Crippen molar-refractivity contribution in [2.45, 2.75) is 18.9 Å². The Bertz CT molecular complexity index is 753. The minimum atomic E-state index is -0.0916. The number of benzene rings is 1. The number of hydrogen-bond acceptors (Lipinski definition) is 6. The van der Waals surface area contributed by atoms with E-state index in [1.165, 1.54) is 0 Å². The molecule has 0 radical (unpaired) electrons. The maximum absolute atomic E-state index is 13.0. The molecule has 1 amide bonds. The first-order chi connectivity index (χ1) is 12.3. The number of hydrogen-bond donors (Lipinski definition) is 0. The van der Waals surface area contributed by atoms with Crippen LogP contribution in [0.2, 0.25) is 0 Å². The number of amides is 1. The number of piperidine rings is 1. The van der Waals surface area contributed by atoms with Gasteiger partial charge in [-0.3, -0.25) is 4.79 Å². The fourth-order valence-corrected chi connectivity index (χ4v) is 3.15. The first-order valence-corrected chi connectivity index (χ1v) is 8.43. The lowest BCUT2D eigenvalue weighted by Crippen LogP contribution is -2.44. The maximum Gasteiger partial charge on any atom is 0.257 e. The van der Waals surface area contributed by atoms with Crippen LogP contribution in [0.25, 0.3) is 0 Å². The van der Waals surface area contributed by atoms with Crippen molar-refractivity contribution >= 4 is 5.91 Å². The molecule has 130 valence electrons. The van der Waals surface area contributed by atoms with Crippen LogP contribution in [0.5, 0.6) is 17.4 Å². The molecule has 1 saturated heterocycles. The Kier molecular flexibility index (Phi) is 4.37. The molecule has 2 aliphatic rings. The molecule has 1 fully saturated rings. The molecule has 0 spiro atoms. The molecule has 0 aliphatic carbocycles. The first-order valence-electron chi connectivity index (χ1n) is 8.43. The summed E-state index contributed by atoms with van der Waals surface area (Å²) in [7, 11) is 0. The lowest BCUT2D eigenvalue weighted by molar-refractivity contribution is 0.0518. The van der Waals surface area contributed by atoms with Gasteiger partial charge in [-0.25, -0.2) is 0 Å². The second-order valence-corrected chi connectivity index (χ2v) is 6.02. The van der Waals surface area contributed by atoms with E-state index in [0.29, 0.717) is 49.2 Å². The van der Waals surface area contributed by atoms with Crippen LogP contribution >= 0.6 is 0 Å². The highest BCUT2D eigenvalue weighted by atomic mass is 16.6. The second kappa shape index (κ2) is 6.96. The number of aromatic nitrogens is 2. The minimum absolute atomic E-state index is 0.0604. The van der Waals surface area contributed by atoms with Gasteiger partial charge < -0.3 is 19.1 Å². The molecule has 2 aliphatic heterocycles. The highest BCUT2D eigenvalue weighted by Crippen LogP contribution is 2.34. The van der Waals surface area contributed by atoms with Crippen molar-refractivity contribution in [1.82, 2.24) is 15.1 Å². The van der Waals surface area contributed by atoms with Gasteiger partial charge in [0.15, 0.2) is 11.5 Å². The molecule has 25 heavy (non-hydrogen) atoms. The molecular formula is C18H19N3O4. The molecule has 2 aromatic rings. The quantitative estimate of drug-likeness (QED) is 0.849. The summed E-state index contributed by atoms with van der Waals surface area (Å²) in [6, 6.07) is 8.97. The van der Waals surface area contributed by atoms with Gasteiger partial charge in [-0.1, -0.05) is 6.07 Å². The van der Waals surface area contributed by atoms with E-state index in [1.54, 1.807) is 29.3 Å². The number of likely N-dealkylation sites (tertiary alicyclic amines) is 1. The monoisotopic (exact) mass is 341 g/mol. The summed E-state index contributed by atoms with van der Waals surface area (Å²) in [6.45, 7) is 2.17. The Hall–Kier alpha value is -2.83. The van der Waals surface area contributed by atoms with Crippen molar-refractivity contribution in [2.24, 2.45) is 0 Å². The number of fused-ring (bicyclic) bond motifs is 1. The van der Waals surface area contributed by atoms with Gasteiger partial charge in [0.25, 0.3) is 5.91 Å². The maximum atomic E-state index is 13.0. The van der Waals surface area contributed by atoms with Crippen molar-refractivity contribution in [2.75, 3.05) is 26.3 Å². The molecule has 0 N–H and O–H groups in total. The van der Waals surface area contributed by atoms with Crippen LogP contribution in [0.1, 0.15) is 23.2 Å². The fraction of sp³-hybridized carbons (Fsp3) is 0.389. The van der Waals surface area contributed by atoms with Gasteiger partial charge in [0.2, 0.25) is 5.88 Å². The predicted octanol–water partition coefficient (Wildman–Crippen LogP) is 1.93. The van der Waals surface area contributed by atoms with E-state index < -0.39 is 0 Å². The van der Waals surface area contributed by atoms with Crippen LogP contribution < -0.4 is 14.2 Å².